The largest absolute Gasteiger partial charge is 0.417 e. The van der Waals surface area contributed by atoms with E-state index in [0.717, 1.165) is 18.2 Å². The first kappa shape index (κ1) is 23.8. The number of carbonyl (C=O) groups excluding carboxylic acids is 2. The average Bonchev–Trinajstić information content (AvgIpc) is 3.47. The molecule has 186 valence electrons. The van der Waals surface area contributed by atoms with Gasteiger partial charge in [-0.2, -0.15) is 23.4 Å². The normalized spacial score (nSPS) is 11.6. The van der Waals surface area contributed by atoms with E-state index in [0.29, 0.717) is 16.6 Å². The fourth-order valence-corrected chi connectivity index (χ4v) is 4.00. The number of hydrogen-bond donors (Lipinski definition) is 2. The van der Waals surface area contributed by atoms with E-state index in [9.17, 15) is 22.8 Å². The molecule has 0 saturated heterocycles. The number of nitrogens with zero attached hydrogens (tertiary/aromatic N) is 4. The number of amides is 2. The van der Waals surface area contributed by atoms with Gasteiger partial charge in [-0.3, -0.25) is 14.3 Å². The Bertz CT molecular complexity index is 1650. The number of benzene rings is 3. The van der Waals surface area contributed by atoms with Gasteiger partial charge in [-0.05, 0) is 54.6 Å². The molecule has 8 nitrogen and oxygen atoms in total. The number of alkyl halides is 3. The SMILES string of the molecule is Cn1ccc(-c2cc(C(=O)Nc3c4cc(C(N)=O)ccc4nn3-c3ccccc3)ccc2C(F)(F)F)n1. The van der Waals surface area contributed by atoms with Gasteiger partial charge in [0, 0.05) is 35.3 Å². The summed E-state index contributed by atoms with van der Waals surface area (Å²) in [6.45, 7) is 0. The number of rotatable bonds is 5. The molecule has 0 unspecified atom stereocenters. The maximum atomic E-state index is 13.7. The summed E-state index contributed by atoms with van der Waals surface area (Å²) in [6.07, 6.45) is -3.13. The second-order valence-electron chi connectivity index (χ2n) is 8.28. The summed E-state index contributed by atoms with van der Waals surface area (Å²) < 4.78 is 44.0. The van der Waals surface area contributed by atoms with Crippen LogP contribution in [0.15, 0.2) is 79.0 Å². The first-order chi connectivity index (χ1) is 17.6. The number of nitrogens with two attached hydrogens (primary N) is 1. The first-order valence-electron chi connectivity index (χ1n) is 11.0. The molecule has 0 bridgehead atoms. The molecule has 3 N–H and O–H groups in total. The van der Waals surface area contributed by atoms with E-state index in [1.54, 1.807) is 37.4 Å². The number of aromatic nitrogens is 4. The van der Waals surface area contributed by atoms with E-state index >= 15 is 0 Å². The van der Waals surface area contributed by atoms with Gasteiger partial charge in [0.15, 0.2) is 0 Å². The van der Waals surface area contributed by atoms with E-state index in [1.807, 2.05) is 6.07 Å². The highest BCUT2D eigenvalue weighted by Gasteiger charge is 2.34. The highest BCUT2D eigenvalue weighted by molar-refractivity contribution is 6.10. The molecule has 2 aromatic heterocycles. The van der Waals surface area contributed by atoms with Crippen molar-refractivity contribution >= 4 is 28.5 Å². The quantitative estimate of drug-likeness (QED) is 0.359. The molecule has 3 aromatic carbocycles. The van der Waals surface area contributed by atoms with Crippen LogP contribution in [0.2, 0.25) is 0 Å². The lowest BCUT2D eigenvalue weighted by atomic mass is 10.0. The summed E-state index contributed by atoms with van der Waals surface area (Å²) in [7, 11) is 1.59. The Hall–Kier alpha value is -4.93. The molecule has 0 aliphatic rings. The number of nitrogens with one attached hydrogen (secondary N) is 1. The van der Waals surface area contributed by atoms with Crippen LogP contribution in [0.25, 0.3) is 27.8 Å². The monoisotopic (exact) mass is 504 g/mol. The van der Waals surface area contributed by atoms with Crippen molar-refractivity contribution in [2.45, 2.75) is 6.18 Å². The summed E-state index contributed by atoms with van der Waals surface area (Å²) in [5.74, 6) is -1.10. The number of anilines is 1. The molecule has 5 rings (SSSR count). The van der Waals surface area contributed by atoms with Gasteiger partial charge in [-0.25, -0.2) is 4.68 Å². The van der Waals surface area contributed by atoms with Gasteiger partial charge in [-0.1, -0.05) is 18.2 Å². The summed E-state index contributed by atoms with van der Waals surface area (Å²) in [5.41, 5.74) is 5.67. The number of hydrogen-bond acceptors (Lipinski definition) is 4. The minimum atomic E-state index is -4.64. The minimum Gasteiger partial charge on any atom is -0.366 e. The van der Waals surface area contributed by atoms with E-state index in [1.165, 1.54) is 33.8 Å². The summed E-state index contributed by atoms with van der Waals surface area (Å²) in [4.78, 5) is 25.1. The number of aryl methyl sites for hydroxylation is 1. The predicted molar refractivity (Wildman–Crippen MR) is 131 cm³/mol. The van der Waals surface area contributed by atoms with Crippen molar-refractivity contribution in [2.24, 2.45) is 12.8 Å². The van der Waals surface area contributed by atoms with Crippen molar-refractivity contribution in [3.8, 4) is 16.9 Å². The molecular formula is C26H19F3N6O2. The molecule has 0 aliphatic carbocycles. The molecule has 2 amide bonds. The Morgan fingerprint density at radius 2 is 1.65 bits per heavy atom. The predicted octanol–water partition coefficient (Wildman–Crippen LogP) is 4.80. The van der Waals surface area contributed by atoms with Gasteiger partial charge in [0.05, 0.1) is 22.5 Å². The van der Waals surface area contributed by atoms with Crippen LogP contribution >= 0.6 is 0 Å². The molecule has 0 atom stereocenters. The van der Waals surface area contributed by atoms with Crippen LogP contribution in [0.5, 0.6) is 0 Å². The van der Waals surface area contributed by atoms with E-state index in [-0.39, 0.29) is 28.2 Å². The number of fused-ring (bicyclic) bond motifs is 1. The topological polar surface area (TPSA) is 108 Å². The third kappa shape index (κ3) is 4.54. The van der Waals surface area contributed by atoms with Gasteiger partial charge in [-0.15, -0.1) is 0 Å². The molecule has 0 saturated carbocycles. The number of carbonyl (C=O) groups is 2. The van der Waals surface area contributed by atoms with Crippen LogP contribution < -0.4 is 11.1 Å². The molecule has 0 spiro atoms. The Kier molecular flexibility index (Phi) is 5.75. The second-order valence-corrected chi connectivity index (χ2v) is 8.28. The van der Waals surface area contributed by atoms with E-state index in [2.05, 4.69) is 15.5 Å². The van der Waals surface area contributed by atoms with Crippen molar-refractivity contribution in [1.29, 1.82) is 0 Å². The zero-order valence-electron chi connectivity index (χ0n) is 19.3. The lowest BCUT2D eigenvalue weighted by Gasteiger charge is -2.14. The zero-order chi connectivity index (χ0) is 26.3. The fourth-order valence-electron chi connectivity index (χ4n) is 4.00. The van der Waals surface area contributed by atoms with E-state index in [4.69, 9.17) is 5.73 Å². The molecule has 11 heteroatoms. The Balaban J connectivity index is 1.62. The van der Waals surface area contributed by atoms with Gasteiger partial charge in [0.1, 0.15) is 5.82 Å². The van der Waals surface area contributed by atoms with Crippen LogP contribution in [-0.4, -0.2) is 31.4 Å². The lowest BCUT2D eigenvalue weighted by molar-refractivity contribution is -0.137. The molecule has 0 radical (unpaired) electrons. The van der Waals surface area contributed by atoms with Crippen molar-refractivity contribution in [2.75, 3.05) is 5.32 Å². The van der Waals surface area contributed by atoms with Gasteiger partial charge >= 0.3 is 6.18 Å². The molecule has 5 aromatic rings. The van der Waals surface area contributed by atoms with E-state index < -0.39 is 23.6 Å². The van der Waals surface area contributed by atoms with Crippen molar-refractivity contribution in [1.82, 2.24) is 19.6 Å². The van der Waals surface area contributed by atoms with Gasteiger partial charge in [0.2, 0.25) is 5.91 Å². The van der Waals surface area contributed by atoms with Gasteiger partial charge < -0.3 is 11.1 Å². The maximum absolute atomic E-state index is 13.7. The maximum Gasteiger partial charge on any atom is 0.417 e. The van der Waals surface area contributed by atoms with Crippen LogP contribution in [0, 0.1) is 0 Å². The molecule has 2 heterocycles. The third-order valence-corrected chi connectivity index (χ3v) is 5.77. The van der Waals surface area contributed by atoms with Gasteiger partial charge in [0.25, 0.3) is 5.91 Å². The smallest absolute Gasteiger partial charge is 0.366 e. The van der Waals surface area contributed by atoms with Crippen LogP contribution in [0.3, 0.4) is 0 Å². The highest BCUT2D eigenvalue weighted by atomic mass is 19.4. The Morgan fingerprint density at radius 3 is 2.30 bits per heavy atom. The molecule has 0 fully saturated rings. The summed E-state index contributed by atoms with van der Waals surface area (Å²) >= 11 is 0. The minimum absolute atomic E-state index is 0.0197. The number of para-hydroxylation sites is 1. The van der Waals surface area contributed by atoms with Crippen molar-refractivity contribution in [3.63, 3.8) is 0 Å². The summed E-state index contributed by atoms with van der Waals surface area (Å²) in [6, 6.07) is 18.1. The standard InChI is InChI=1S/C26H19F3N6O2/c1-34-12-11-22(32-34)18-14-16(7-9-20(18)26(27,28)29)25(37)31-24-19-13-15(23(30)36)8-10-21(19)33-35(24)17-5-3-2-4-6-17/h2-14H,1H3,(H2,30,36)(H,31,37). The highest BCUT2D eigenvalue weighted by Crippen LogP contribution is 2.37. The third-order valence-electron chi connectivity index (χ3n) is 5.77. The second kappa shape index (κ2) is 8.94. The number of primary amides is 1. The Labute approximate surface area is 208 Å². The average molecular weight is 504 g/mol. The lowest BCUT2D eigenvalue weighted by Crippen LogP contribution is -2.17. The van der Waals surface area contributed by atoms with Crippen molar-refractivity contribution in [3.05, 3.63) is 95.7 Å². The van der Waals surface area contributed by atoms with Crippen LogP contribution in [-0.2, 0) is 13.2 Å². The van der Waals surface area contributed by atoms with Crippen LogP contribution in [0.4, 0.5) is 19.0 Å². The Morgan fingerprint density at radius 1 is 0.919 bits per heavy atom. The summed E-state index contributed by atoms with van der Waals surface area (Å²) in [5, 5.41) is 11.8. The fraction of sp³-hybridized carbons (Fsp3) is 0.0769. The zero-order valence-corrected chi connectivity index (χ0v) is 19.3. The number of halogens is 3. The molecule has 0 aliphatic heterocycles. The van der Waals surface area contributed by atoms with Crippen LogP contribution in [0.1, 0.15) is 26.3 Å². The molecule has 37 heavy (non-hydrogen) atoms. The molecular weight excluding hydrogens is 485 g/mol. The van der Waals surface area contributed by atoms with Crippen molar-refractivity contribution < 1.29 is 22.8 Å². The first-order valence-corrected chi connectivity index (χ1v) is 11.0.